The lowest BCUT2D eigenvalue weighted by Crippen LogP contribution is -2.44. The van der Waals surface area contributed by atoms with Crippen LogP contribution in [-0.4, -0.2) is 46.7 Å². The van der Waals surface area contributed by atoms with Crippen LogP contribution in [0.3, 0.4) is 0 Å². The molecule has 1 aliphatic heterocycles. The molecule has 7 heteroatoms. The molecule has 1 aliphatic rings. The van der Waals surface area contributed by atoms with Crippen molar-refractivity contribution in [3.63, 3.8) is 0 Å². The van der Waals surface area contributed by atoms with Crippen molar-refractivity contribution in [1.29, 1.82) is 0 Å². The van der Waals surface area contributed by atoms with Gasteiger partial charge in [0.1, 0.15) is 5.82 Å². The number of rotatable bonds is 10. The first-order valence-corrected chi connectivity index (χ1v) is 13.3. The van der Waals surface area contributed by atoms with E-state index in [-0.39, 0.29) is 23.8 Å². The average molecular weight is 509 g/mol. The van der Waals surface area contributed by atoms with Crippen molar-refractivity contribution in [2.75, 3.05) is 26.3 Å². The van der Waals surface area contributed by atoms with Gasteiger partial charge in [-0.25, -0.2) is 4.98 Å². The Bertz CT molecular complexity index is 1130. The molecule has 0 bridgehead atoms. The summed E-state index contributed by atoms with van der Waals surface area (Å²) in [5, 5.41) is 0.673. The minimum absolute atomic E-state index is 0.0253. The molecule has 36 heavy (non-hydrogen) atoms. The quantitative estimate of drug-likeness (QED) is 0.389. The van der Waals surface area contributed by atoms with E-state index < -0.39 is 0 Å². The number of carbonyl (C=O) groups excluding carboxylic acids is 1. The van der Waals surface area contributed by atoms with Gasteiger partial charge in [-0.15, -0.1) is 0 Å². The standard InChI is InChI=1S/C29H37ClN4O2/c1-21(2)27(34(15-7-14-31)29(35)23-12-16-36-17-13-23)28-32-26(24-10-6-11-25(30)18-24)20-33(28)19-22-8-4-3-5-9-22/h3-6,8-11,18,20-21,23,27H,7,12-17,19,31H2,1-2H3/t27-/m1/s1. The van der Waals surface area contributed by atoms with E-state index in [9.17, 15) is 4.79 Å². The molecule has 0 spiro atoms. The Balaban J connectivity index is 1.78. The van der Waals surface area contributed by atoms with Crippen molar-refractivity contribution in [2.24, 2.45) is 17.6 Å². The van der Waals surface area contributed by atoms with Crippen LogP contribution in [0.2, 0.25) is 5.02 Å². The molecule has 1 saturated heterocycles. The van der Waals surface area contributed by atoms with Crippen LogP contribution in [0.1, 0.15) is 50.5 Å². The molecule has 3 aromatic rings. The molecule has 0 aliphatic carbocycles. The van der Waals surface area contributed by atoms with Gasteiger partial charge in [-0.2, -0.15) is 0 Å². The monoisotopic (exact) mass is 508 g/mol. The normalized spacial score (nSPS) is 15.2. The Morgan fingerprint density at radius 3 is 2.58 bits per heavy atom. The lowest BCUT2D eigenvalue weighted by molar-refractivity contribution is -0.142. The Morgan fingerprint density at radius 2 is 1.92 bits per heavy atom. The van der Waals surface area contributed by atoms with Gasteiger partial charge in [-0.3, -0.25) is 4.79 Å². The van der Waals surface area contributed by atoms with Gasteiger partial charge in [-0.1, -0.05) is 67.9 Å². The van der Waals surface area contributed by atoms with Crippen molar-refractivity contribution >= 4 is 17.5 Å². The molecule has 2 N–H and O–H groups in total. The van der Waals surface area contributed by atoms with E-state index in [4.69, 9.17) is 27.1 Å². The highest BCUT2D eigenvalue weighted by Gasteiger charge is 2.35. The number of hydrogen-bond acceptors (Lipinski definition) is 4. The van der Waals surface area contributed by atoms with Gasteiger partial charge in [0.25, 0.3) is 0 Å². The number of benzene rings is 2. The van der Waals surface area contributed by atoms with Gasteiger partial charge in [0, 0.05) is 49.0 Å². The molecule has 1 aromatic heterocycles. The van der Waals surface area contributed by atoms with Crippen LogP contribution in [0.25, 0.3) is 11.3 Å². The van der Waals surface area contributed by atoms with E-state index in [0.717, 1.165) is 36.3 Å². The molecular formula is C29H37ClN4O2. The van der Waals surface area contributed by atoms with Crippen LogP contribution in [0.15, 0.2) is 60.8 Å². The SMILES string of the molecule is CC(C)[C@H](c1nc(-c2cccc(Cl)c2)cn1Cc1ccccc1)N(CCCN)C(=O)C1CCOCC1. The minimum atomic E-state index is -0.177. The van der Waals surface area contributed by atoms with Crippen molar-refractivity contribution in [2.45, 2.75) is 45.7 Å². The molecule has 2 aromatic carbocycles. The van der Waals surface area contributed by atoms with Crippen molar-refractivity contribution < 1.29 is 9.53 Å². The third-order valence-corrected chi connectivity index (χ3v) is 7.05. The first-order valence-electron chi connectivity index (χ1n) is 12.9. The van der Waals surface area contributed by atoms with E-state index in [1.165, 1.54) is 5.56 Å². The highest BCUT2D eigenvalue weighted by molar-refractivity contribution is 6.30. The van der Waals surface area contributed by atoms with E-state index in [0.29, 0.717) is 37.9 Å². The number of amides is 1. The molecular weight excluding hydrogens is 472 g/mol. The number of ether oxygens (including phenoxy) is 1. The topological polar surface area (TPSA) is 73.4 Å². The van der Waals surface area contributed by atoms with Gasteiger partial charge in [-0.05, 0) is 49.4 Å². The predicted octanol–water partition coefficient (Wildman–Crippen LogP) is 5.55. The first kappa shape index (κ1) is 26.4. The average Bonchev–Trinajstić information content (AvgIpc) is 3.30. The van der Waals surface area contributed by atoms with Gasteiger partial charge in [0.2, 0.25) is 5.91 Å². The molecule has 0 saturated carbocycles. The van der Waals surface area contributed by atoms with Gasteiger partial charge in [0.15, 0.2) is 0 Å². The molecule has 2 heterocycles. The summed E-state index contributed by atoms with van der Waals surface area (Å²) in [6, 6.07) is 17.9. The van der Waals surface area contributed by atoms with Gasteiger partial charge in [0.05, 0.1) is 11.7 Å². The fourth-order valence-corrected chi connectivity index (χ4v) is 5.17. The van der Waals surface area contributed by atoms with E-state index in [1.807, 2.05) is 47.4 Å². The largest absolute Gasteiger partial charge is 0.381 e. The van der Waals surface area contributed by atoms with Gasteiger partial charge >= 0.3 is 0 Å². The minimum Gasteiger partial charge on any atom is -0.381 e. The molecule has 1 amide bonds. The lowest BCUT2D eigenvalue weighted by Gasteiger charge is -2.37. The zero-order chi connectivity index (χ0) is 25.5. The number of nitrogens with zero attached hydrogens (tertiary/aromatic N) is 3. The summed E-state index contributed by atoms with van der Waals surface area (Å²) in [4.78, 5) is 21.1. The Kier molecular flexibility index (Phi) is 9.19. The van der Waals surface area contributed by atoms with Crippen molar-refractivity contribution in [3.05, 3.63) is 77.2 Å². The highest BCUT2D eigenvalue weighted by atomic mass is 35.5. The summed E-state index contributed by atoms with van der Waals surface area (Å²) in [6.45, 7) is 7.41. The summed E-state index contributed by atoms with van der Waals surface area (Å²) in [5.74, 6) is 1.21. The van der Waals surface area contributed by atoms with Crippen LogP contribution in [0, 0.1) is 11.8 Å². The summed E-state index contributed by atoms with van der Waals surface area (Å²) >= 11 is 6.31. The Labute approximate surface area is 219 Å². The molecule has 1 fully saturated rings. The molecule has 0 radical (unpaired) electrons. The molecule has 0 unspecified atom stereocenters. The fraction of sp³-hybridized carbons (Fsp3) is 0.448. The zero-order valence-electron chi connectivity index (χ0n) is 21.3. The number of aromatic nitrogens is 2. The smallest absolute Gasteiger partial charge is 0.226 e. The maximum Gasteiger partial charge on any atom is 0.226 e. The fourth-order valence-electron chi connectivity index (χ4n) is 4.98. The number of carbonyl (C=O) groups is 1. The van der Waals surface area contributed by atoms with Crippen molar-refractivity contribution in [3.8, 4) is 11.3 Å². The van der Waals surface area contributed by atoms with Crippen LogP contribution >= 0.6 is 11.6 Å². The second-order valence-electron chi connectivity index (χ2n) is 9.86. The van der Waals surface area contributed by atoms with Crippen LogP contribution in [0.5, 0.6) is 0 Å². The highest BCUT2D eigenvalue weighted by Crippen LogP contribution is 2.34. The van der Waals surface area contributed by atoms with Crippen LogP contribution in [-0.2, 0) is 16.1 Å². The third-order valence-electron chi connectivity index (χ3n) is 6.81. The van der Waals surface area contributed by atoms with Crippen molar-refractivity contribution in [1.82, 2.24) is 14.5 Å². The maximum atomic E-state index is 13.9. The Hall–Kier alpha value is -2.67. The third kappa shape index (κ3) is 6.36. The second-order valence-corrected chi connectivity index (χ2v) is 10.3. The maximum absolute atomic E-state index is 13.9. The van der Waals surface area contributed by atoms with E-state index >= 15 is 0 Å². The summed E-state index contributed by atoms with van der Waals surface area (Å²) in [6.07, 6.45) is 4.35. The van der Waals surface area contributed by atoms with E-state index in [1.54, 1.807) is 0 Å². The number of halogens is 1. The lowest BCUT2D eigenvalue weighted by atomic mass is 9.94. The number of nitrogens with two attached hydrogens (primary N) is 1. The zero-order valence-corrected chi connectivity index (χ0v) is 22.0. The Morgan fingerprint density at radius 1 is 1.17 bits per heavy atom. The number of hydrogen-bond donors (Lipinski definition) is 1. The summed E-state index contributed by atoms with van der Waals surface area (Å²) in [5.41, 5.74) is 8.90. The molecule has 1 atom stereocenters. The van der Waals surface area contributed by atoms with Crippen LogP contribution in [0.4, 0.5) is 0 Å². The van der Waals surface area contributed by atoms with E-state index in [2.05, 4.69) is 36.7 Å². The first-order chi connectivity index (χ1) is 17.5. The second kappa shape index (κ2) is 12.5. The predicted molar refractivity (Wildman–Crippen MR) is 145 cm³/mol. The molecule has 4 rings (SSSR count). The summed E-state index contributed by atoms with van der Waals surface area (Å²) < 4.78 is 7.73. The van der Waals surface area contributed by atoms with Crippen LogP contribution < -0.4 is 5.73 Å². The molecule has 6 nitrogen and oxygen atoms in total. The molecule has 192 valence electrons. The summed E-state index contributed by atoms with van der Waals surface area (Å²) in [7, 11) is 0. The van der Waals surface area contributed by atoms with Gasteiger partial charge < -0.3 is 19.9 Å². The number of imidazole rings is 1.